The van der Waals surface area contributed by atoms with Gasteiger partial charge in [0, 0.05) is 6.54 Å². The highest BCUT2D eigenvalue weighted by Gasteiger charge is 2.24. The molecule has 134 valence electrons. The lowest BCUT2D eigenvalue weighted by molar-refractivity contribution is 0.0105. The van der Waals surface area contributed by atoms with Crippen molar-refractivity contribution in [3.05, 3.63) is 17.6 Å². The van der Waals surface area contributed by atoms with Gasteiger partial charge in [0.1, 0.15) is 17.8 Å². The number of nitrogen functional groups attached to an aromatic ring is 1. The van der Waals surface area contributed by atoms with Gasteiger partial charge in [-0.25, -0.2) is 19.6 Å². The number of esters is 1. The number of aliphatic hydroxyl groups excluding tert-OH is 2. The number of hydrogen-bond acceptors (Lipinski definition) is 9. The number of methoxy groups -OCH3 is 1. The molecular weight excluding hydrogens is 320 g/mol. The van der Waals surface area contributed by atoms with Gasteiger partial charge in [0.25, 0.3) is 0 Å². The summed E-state index contributed by atoms with van der Waals surface area (Å²) in [7, 11) is 1.14. The Bertz CT molecular complexity index is 601. The van der Waals surface area contributed by atoms with Crippen LogP contribution in [0.4, 0.5) is 10.6 Å². The summed E-state index contributed by atoms with van der Waals surface area (Å²) in [5, 5.41) is 22.3. The van der Waals surface area contributed by atoms with E-state index in [4.69, 9.17) is 10.5 Å². The van der Waals surface area contributed by atoms with Crippen molar-refractivity contribution in [3.8, 4) is 0 Å². The molecule has 5 N–H and O–H groups in total. The van der Waals surface area contributed by atoms with Crippen molar-refractivity contribution in [2.24, 2.45) is 0 Å². The number of hydrogen-bond donors (Lipinski definition) is 4. The highest BCUT2D eigenvalue weighted by Crippen LogP contribution is 2.17. The van der Waals surface area contributed by atoms with E-state index in [0.29, 0.717) is 0 Å². The van der Waals surface area contributed by atoms with Crippen LogP contribution in [0.25, 0.3) is 0 Å². The van der Waals surface area contributed by atoms with Gasteiger partial charge in [-0.1, -0.05) is 0 Å². The molecule has 0 saturated heterocycles. The Kier molecular flexibility index (Phi) is 6.43. The van der Waals surface area contributed by atoms with E-state index in [1.165, 1.54) is 0 Å². The minimum atomic E-state index is -1.50. The van der Waals surface area contributed by atoms with Gasteiger partial charge in [-0.05, 0) is 20.8 Å². The number of aliphatic hydroxyl groups is 2. The van der Waals surface area contributed by atoms with Crippen LogP contribution in [0.15, 0.2) is 6.20 Å². The molecule has 0 bridgehead atoms. The van der Waals surface area contributed by atoms with Crippen LogP contribution in [0.2, 0.25) is 0 Å². The Morgan fingerprint density at radius 3 is 2.54 bits per heavy atom. The van der Waals surface area contributed by atoms with E-state index in [9.17, 15) is 19.8 Å². The Hall–Kier alpha value is -2.46. The van der Waals surface area contributed by atoms with E-state index < -0.39 is 29.9 Å². The molecule has 0 aliphatic rings. The fourth-order valence-electron chi connectivity index (χ4n) is 1.61. The van der Waals surface area contributed by atoms with Crippen molar-refractivity contribution in [2.75, 3.05) is 19.4 Å². The lowest BCUT2D eigenvalue weighted by Gasteiger charge is -2.22. The summed E-state index contributed by atoms with van der Waals surface area (Å²) in [6.07, 6.45) is -2.53. The average molecular weight is 342 g/mol. The van der Waals surface area contributed by atoms with Crippen molar-refractivity contribution in [1.82, 2.24) is 15.3 Å². The molecule has 2 atom stereocenters. The summed E-state index contributed by atoms with van der Waals surface area (Å²) in [5.41, 5.74) is 4.45. The monoisotopic (exact) mass is 342 g/mol. The normalized spacial score (nSPS) is 13.8. The largest absolute Gasteiger partial charge is 0.464 e. The van der Waals surface area contributed by atoms with Gasteiger partial charge in [-0.15, -0.1) is 0 Å². The van der Waals surface area contributed by atoms with Gasteiger partial charge in [0.2, 0.25) is 0 Å². The summed E-state index contributed by atoms with van der Waals surface area (Å²) in [6, 6.07) is 0. The smallest absolute Gasteiger partial charge is 0.407 e. The minimum Gasteiger partial charge on any atom is -0.464 e. The van der Waals surface area contributed by atoms with Crippen molar-refractivity contribution >= 4 is 17.9 Å². The SMILES string of the molecule is COC(=O)c1nc(C(O)C(O)CNC(=O)OC(C)(C)C)cnc1N. The third kappa shape index (κ3) is 5.63. The molecule has 24 heavy (non-hydrogen) atoms. The summed E-state index contributed by atoms with van der Waals surface area (Å²) >= 11 is 0. The number of carbonyl (C=O) groups excluding carboxylic acids is 2. The molecule has 0 aromatic carbocycles. The molecular formula is C14H22N4O6. The van der Waals surface area contributed by atoms with Crippen LogP contribution in [0.3, 0.4) is 0 Å². The molecule has 10 heteroatoms. The van der Waals surface area contributed by atoms with Gasteiger partial charge >= 0.3 is 12.1 Å². The van der Waals surface area contributed by atoms with Crippen LogP contribution in [0.5, 0.6) is 0 Å². The van der Waals surface area contributed by atoms with Crippen molar-refractivity contribution in [1.29, 1.82) is 0 Å². The number of anilines is 1. The van der Waals surface area contributed by atoms with E-state index in [1.54, 1.807) is 20.8 Å². The van der Waals surface area contributed by atoms with E-state index in [2.05, 4.69) is 20.0 Å². The number of nitrogens with one attached hydrogen (secondary N) is 1. The zero-order valence-electron chi connectivity index (χ0n) is 13.9. The molecule has 0 spiro atoms. The molecule has 1 amide bonds. The molecule has 0 aliphatic heterocycles. The Balaban J connectivity index is 2.74. The van der Waals surface area contributed by atoms with E-state index in [1.807, 2.05) is 0 Å². The van der Waals surface area contributed by atoms with Crippen LogP contribution in [-0.2, 0) is 9.47 Å². The van der Waals surface area contributed by atoms with Gasteiger partial charge in [0.05, 0.1) is 19.0 Å². The second kappa shape index (κ2) is 7.88. The number of rotatable bonds is 5. The highest BCUT2D eigenvalue weighted by atomic mass is 16.6. The Morgan fingerprint density at radius 1 is 1.38 bits per heavy atom. The third-order valence-electron chi connectivity index (χ3n) is 2.72. The van der Waals surface area contributed by atoms with Crippen LogP contribution < -0.4 is 11.1 Å². The highest BCUT2D eigenvalue weighted by molar-refractivity contribution is 5.91. The first kappa shape index (κ1) is 19.6. The summed E-state index contributed by atoms with van der Waals surface area (Å²) in [6.45, 7) is 4.78. The number of ether oxygens (including phenoxy) is 2. The summed E-state index contributed by atoms with van der Waals surface area (Å²) in [4.78, 5) is 30.6. The maximum atomic E-state index is 11.5. The molecule has 1 aromatic rings. The number of amides is 1. The maximum Gasteiger partial charge on any atom is 0.407 e. The van der Waals surface area contributed by atoms with Gasteiger partial charge in [-0.2, -0.15) is 0 Å². The molecule has 0 aliphatic carbocycles. The molecule has 0 radical (unpaired) electrons. The third-order valence-corrected chi connectivity index (χ3v) is 2.72. The zero-order valence-corrected chi connectivity index (χ0v) is 13.9. The Labute approximate surface area is 139 Å². The predicted octanol–water partition coefficient (Wildman–Crippen LogP) is -0.236. The fraction of sp³-hybridized carbons (Fsp3) is 0.571. The summed E-state index contributed by atoms with van der Waals surface area (Å²) in [5.74, 6) is -0.991. The molecule has 0 saturated carbocycles. The average Bonchev–Trinajstić information content (AvgIpc) is 2.50. The number of nitrogens with zero attached hydrogens (tertiary/aromatic N) is 2. The molecule has 10 nitrogen and oxygen atoms in total. The minimum absolute atomic E-state index is 0.0944. The van der Waals surface area contributed by atoms with Gasteiger partial charge in [0.15, 0.2) is 11.5 Å². The quantitative estimate of drug-likeness (QED) is 0.530. The fourth-order valence-corrected chi connectivity index (χ4v) is 1.61. The first-order valence-corrected chi connectivity index (χ1v) is 7.09. The second-order valence-corrected chi connectivity index (χ2v) is 5.92. The lowest BCUT2D eigenvalue weighted by atomic mass is 10.1. The molecule has 1 heterocycles. The van der Waals surface area contributed by atoms with Crippen molar-refractivity contribution in [3.63, 3.8) is 0 Å². The first-order chi connectivity index (χ1) is 11.0. The van der Waals surface area contributed by atoms with E-state index in [-0.39, 0.29) is 23.8 Å². The topological polar surface area (TPSA) is 157 Å². The number of carbonyl (C=O) groups is 2. The van der Waals surface area contributed by atoms with Crippen molar-refractivity contribution < 1.29 is 29.3 Å². The zero-order chi connectivity index (χ0) is 18.5. The van der Waals surface area contributed by atoms with Gasteiger partial charge < -0.3 is 30.7 Å². The summed E-state index contributed by atoms with van der Waals surface area (Å²) < 4.78 is 9.50. The van der Waals surface area contributed by atoms with Crippen LogP contribution in [0, 0.1) is 0 Å². The van der Waals surface area contributed by atoms with Crippen LogP contribution in [0.1, 0.15) is 43.1 Å². The number of nitrogens with two attached hydrogens (primary N) is 1. The maximum absolute atomic E-state index is 11.5. The molecule has 2 unspecified atom stereocenters. The molecule has 0 fully saturated rings. The lowest BCUT2D eigenvalue weighted by Crippen LogP contribution is -2.39. The Morgan fingerprint density at radius 2 is 2.00 bits per heavy atom. The van der Waals surface area contributed by atoms with E-state index in [0.717, 1.165) is 13.3 Å². The first-order valence-electron chi connectivity index (χ1n) is 7.09. The number of alkyl carbamates (subject to hydrolysis) is 1. The molecule has 1 rings (SSSR count). The van der Waals surface area contributed by atoms with Gasteiger partial charge in [-0.3, -0.25) is 0 Å². The van der Waals surface area contributed by atoms with E-state index >= 15 is 0 Å². The standard InChI is InChI=1S/C14H22N4O6/c1-14(2,3)24-13(22)17-6-8(19)10(20)7-5-16-11(15)9(18-7)12(21)23-4/h5,8,10,19-20H,6H2,1-4H3,(H2,15,16)(H,17,22). The number of aromatic nitrogens is 2. The van der Waals surface area contributed by atoms with Crippen LogP contribution >= 0.6 is 0 Å². The second-order valence-electron chi connectivity index (χ2n) is 5.92. The van der Waals surface area contributed by atoms with Crippen molar-refractivity contribution in [2.45, 2.75) is 38.6 Å². The van der Waals surface area contributed by atoms with Crippen LogP contribution in [-0.4, -0.2) is 57.6 Å². The predicted molar refractivity (Wildman–Crippen MR) is 83.0 cm³/mol. The molecule has 1 aromatic heterocycles.